The van der Waals surface area contributed by atoms with Crippen molar-refractivity contribution in [2.75, 3.05) is 5.32 Å². The zero-order valence-electron chi connectivity index (χ0n) is 16.9. The highest BCUT2D eigenvalue weighted by atomic mass is 35.5. The van der Waals surface area contributed by atoms with Crippen molar-refractivity contribution in [3.63, 3.8) is 0 Å². The number of amides is 2. The van der Waals surface area contributed by atoms with Crippen LogP contribution in [-0.4, -0.2) is 26.6 Å². The van der Waals surface area contributed by atoms with Gasteiger partial charge < -0.3 is 5.32 Å². The summed E-state index contributed by atoms with van der Waals surface area (Å²) in [6.45, 7) is 1.86. The fourth-order valence-electron chi connectivity index (χ4n) is 3.40. The molecule has 160 valence electrons. The lowest BCUT2D eigenvalue weighted by atomic mass is 10.0. The van der Waals surface area contributed by atoms with Gasteiger partial charge in [-0.15, -0.1) is 0 Å². The first kappa shape index (κ1) is 21.2. The van der Waals surface area contributed by atoms with Gasteiger partial charge in [0.25, 0.3) is 17.5 Å². The molecular weight excluding hydrogens is 432 g/mol. The lowest BCUT2D eigenvalue weighted by molar-refractivity contribution is -0.384. The number of hydrogen-bond acceptors (Lipinski definition) is 6. The summed E-state index contributed by atoms with van der Waals surface area (Å²) in [6.07, 6.45) is 3.17. The number of imide groups is 1. The highest BCUT2D eigenvalue weighted by molar-refractivity contribution is 6.36. The van der Waals surface area contributed by atoms with Crippen LogP contribution in [0.25, 0.3) is 5.57 Å². The van der Waals surface area contributed by atoms with E-state index in [-0.39, 0.29) is 23.5 Å². The second kappa shape index (κ2) is 8.60. The quantitative estimate of drug-likeness (QED) is 0.341. The number of halogens is 1. The van der Waals surface area contributed by atoms with Gasteiger partial charge in [0.1, 0.15) is 5.70 Å². The van der Waals surface area contributed by atoms with Gasteiger partial charge in [0.05, 0.1) is 17.0 Å². The van der Waals surface area contributed by atoms with Crippen molar-refractivity contribution in [1.29, 1.82) is 0 Å². The summed E-state index contributed by atoms with van der Waals surface area (Å²) < 4.78 is 0. The van der Waals surface area contributed by atoms with Gasteiger partial charge in [0.15, 0.2) is 0 Å². The Balaban J connectivity index is 1.78. The summed E-state index contributed by atoms with van der Waals surface area (Å²) in [7, 11) is 0. The second-order valence-electron chi connectivity index (χ2n) is 7.14. The fraction of sp³-hybridized carbons (Fsp3) is 0.0870. The minimum Gasteiger partial charge on any atom is -0.350 e. The van der Waals surface area contributed by atoms with Crippen LogP contribution in [0.5, 0.6) is 0 Å². The van der Waals surface area contributed by atoms with Crippen molar-refractivity contribution in [3.8, 4) is 0 Å². The van der Waals surface area contributed by atoms with E-state index in [1.165, 1.54) is 24.3 Å². The van der Waals surface area contributed by atoms with Crippen LogP contribution in [0.15, 0.2) is 72.7 Å². The molecule has 1 aromatic heterocycles. The lowest BCUT2D eigenvalue weighted by Gasteiger charge is -2.16. The van der Waals surface area contributed by atoms with E-state index in [0.29, 0.717) is 16.3 Å². The molecule has 3 aromatic rings. The summed E-state index contributed by atoms with van der Waals surface area (Å²) in [6, 6.07) is 14.2. The van der Waals surface area contributed by atoms with Gasteiger partial charge in [-0.1, -0.05) is 17.7 Å². The number of nitrogens with zero attached hydrogens (tertiary/aromatic N) is 3. The first-order valence-corrected chi connectivity index (χ1v) is 10.0. The number of rotatable bonds is 6. The molecule has 0 spiro atoms. The molecule has 0 radical (unpaired) electrons. The van der Waals surface area contributed by atoms with Gasteiger partial charge in [-0.3, -0.25) is 29.6 Å². The minimum absolute atomic E-state index is 0.0658. The van der Waals surface area contributed by atoms with Gasteiger partial charge in [-0.2, -0.15) is 0 Å². The Morgan fingerprint density at radius 3 is 2.38 bits per heavy atom. The number of carbonyl (C=O) groups is 2. The molecule has 0 saturated heterocycles. The van der Waals surface area contributed by atoms with Crippen LogP contribution in [-0.2, 0) is 16.1 Å². The van der Waals surface area contributed by atoms with Crippen molar-refractivity contribution in [3.05, 3.63) is 105 Å². The van der Waals surface area contributed by atoms with E-state index in [4.69, 9.17) is 11.6 Å². The molecule has 0 saturated carbocycles. The van der Waals surface area contributed by atoms with Gasteiger partial charge in [-0.25, -0.2) is 0 Å². The van der Waals surface area contributed by atoms with Crippen LogP contribution in [0.4, 0.5) is 11.4 Å². The van der Waals surface area contributed by atoms with Crippen LogP contribution in [0.1, 0.15) is 16.7 Å². The molecular formula is C23H17ClN4O4. The van der Waals surface area contributed by atoms with Gasteiger partial charge in [-0.05, 0) is 60.0 Å². The zero-order valence-corrected chi connectivity index (χ0v) is 17.7. The Kier molecular flexibility index (Phi) is 5.70. The first-order valence-electron chi connectivity index (χ1n) is 9.63. The SMILES string of the molecule is Cc1c(Cl)cccc1NC1=C(c2ccc([N+](=O)[O-])cc2)C(=O)N(Cc2ccncc2)C1=O. The van der Waals surface area contributed by atoms with Crippen molar-refractivity contribution in [1.82, 2.24) is 9.88 Å². The number of benzene rings is 2. The zero-order chi connectivity index (χ0) is 22.8. The van der Waals surface area contributed by atoms with E-state index in [1.807, 2.05) is 0 Å². The molecule has 8 nitrogen and oxygen atoms in total. The Morgan fingerprint density at radius 2 is 1.72 bits per heavy atom. The smallest absolute Gasteiger partial charge is 0.278 e. The summed E-state index contributed by atoms with van der Waals surface area (Å²) in [5.41, 5.74) is 2.55. The molecule has 1 N–H and O–H groups in total. The molecule has 2 aromatic carbocycles. The molecule has 2 amide bonds. The Hall–Kier alpha value is -4.04. The third-order valence-corrected chi connectivity index (χ3v) is 5.56. The maximum atomic E-state index is 13.3. The number of non-ortho nitro benzene ring substituents is 1. The van der Waals surface area contributed by atoms with Crippen molar-refractivity contribution < 1.29 is 14.5 Å². The summed E-state index contributed by atoms with van der Waals surface area (Å²) in [4.78, 5) is 42.2. The maximum Gasteiger partial charge on any atom is 0.278 e. The highest BCUT2D eigenvalue weighted by Gasteiger charge is 2.39. The molecule has 0 fully saturated rings. The molecule has 0 bridgehead atoms. The van der Waals surface area contributed by atoms with Crippen LogP contribution < -0.4 is 5.32 Å². The number of nitro groups is 1. The van der Waals surface area contributed by atoms with E-state index >= 15 is 0 Å². The van der Waals surface area contributed by atoms with Crippen LogP contribution in [0.2, 0.25) is 5.02 Å². The molecule has 1 aliphatic rings. The predicted octanol–water partition coefficient (Wildman–Crippen LogP) is 4.34. The van der Waals surface area contributed by atoms with E-state index in [9.17, 15) is 19.7 Å². The van der Waals surface area contributed by atoms with Gasteiger partial charge >= 0.3 is 0 Å². The van der Waals surface area contributed by atoms with Crippen molar-refractivity contribution >= 4 is 40.4 Å². The third-order valence-electron chi connectivity index (χ3n) is 5.15. The number of hydrogen-bond donors (Lipinski definition) is 1. The largest absolute Gasteiger partial charge is 0.350 e. The lowest BCUT2D eigenvalue weighted by Crippen LogP contribution is -2.32. The van der Waals surface area contributed by atoms with Gasteiger partial charge in [0.2, 0.25) is 0 Å². The molecule has 4 rings (SSSR count). The molecule has 0 aliphatic carbocycles. The third kappa shape index (κ3) is 3.95. The summed E-state index contributed by atoms with van der Waals surface area (Å²) >= 11 is 6.21. The molecule has 1 aliphatic heterocycles. The van der Waals surface area contributed by atoms with E-state index in [2.05, 4.69) is 10.3 Å². The molecule has 0 unspecified atom stereocenters. The first-order chi connectivity index (χ1) is 15.4. The van der Waals surface area contributed by atoms with E-state index < -0.39 is 16.7 Å². The maximum absolute atomic E-state index is 13.3. The van der Waals surface area contributed by atoms with Crippen LogP contribution >= 0.6 is 11.6 Å². The van der Waals surface area contributed by atoms with Crippen LogP contribution in [0.3, 0.4) is 0 Å². The average molecular weight is 449 g/mol. The topological polar surface area (TPSA) is 105 Å². The highest BCUT2D eigenvalue weighted by Crippen LogP contribution is 2.34. The number of pyridine rings is 1. The number of carbonyl (C=O) groups excluding carboxylic acids is 2. The normalized spacial score (nSPS) is 13.6. The average Bonchev–Trinajstić information content (AvgIpc) is 3.02. The Bertz CT molecular complexity index is 1260. The number of nitrogens with one attached hydrogen (secondary N) is 1. The fourth-order valence-corrected chi connectivity index (χ4v) is 3.58. The summed E-state index contributed by atoms with van der Waals surface area (Å²) in [5, 5.41) is 14.6. The van der Waals surface area contributed by atoms with Gasteiger partial charge in [0, 0.05) is 35.2 Å². The minimum atomic E-state index is -0.524. The number of aromatic nitrogens is 1. The van der Waals surface area contributed by atoms with E-state index in [1.54, 1.807) is 49.6 Å². The van der Waals surface area contributed by atoms with Crippen LogP contribution in [0, 0.1) is 17.0 Å². The second-order valence-corrected chi connectivity index (χ2v) is 7.55. The number of anilines is 1. The predicted molar refractivity (Wildman–Crippen MR) is 120 cm³/mol. The van der Waals surface area contributed by atoms with E-state index in [0.717, 1.165) is 16.0 Å². The standard InChI is InChI=1S/C23H17ClN4O4/c1-14-18(24)3-2-4-19(14)26-21-20(16-5-7-17(8-6-16)28(31)32)22(29)27(23(21)30)13-15-9-11-25-12-10-15/h2-12,26H,13H2,1H3. The summed E-state index contributed by atoms with van der Waals surface area (Å²) in [5.74, 6) is -0.998. The number of nitro benzene ring substituents is 1. The molecule has 9 heteroatoms. The van der Waals surface area contributed by atoms with Crippen molar-refractivity contribution in [2.45, 2.75) is 13.5 Å². The Morgan fingerprint density at radius 1 is 1.03 bits per heavy atom. The molecule has 0 atom stereocenters. The molecule has 2 heterocycles. The monoisotopic (exact) mass is 448 g/mol. The van der Waals surface area contributed by atoms with Crippen molar-refractivity contribution in [2.24, 2.45) is 0 Å². The Labute approximate surface area is 188 Å². The molecule has 32 heavy (non-hydrogen) atoms.